The number of amides is 2. The van der Waals surface area contributed by atoms with Crippen molar-refractivity contribution in [3.63, 3.8) is 0 Å². The number of carbonyl (C=O) groups is 2. The highest BCUT2D eigenvalue weighted by Gasteiger charge is 2.40. The molecule has 0 spiro atoms. The third-order valence-corrected chi connectivity index (χ3v) is 7.66. The summed E-state index contributed by atoms with van der Waals surface area (Å²) in [6.45, 7) is -0.349. The number of alkyl halides is 4. The Balaban J connectivity index is 1.38. The largest absolute Gasteiger partial charge is 0.480 e. The number of fused-ring (bicyclic) bond motifs is 1. The Bertz CT molecular complexity index is 1470. The van der Waals surface area contributed by atoms with E-state index in [-0.39, 0.29) is 48.0 Å². The van der Waals surface area contributed by atoms with Crippen molar-refractivity contribution in [2.45, 2.75) is 62.5 Å². The number of aromatic nitrogens is 4. The van der Waals surface area contributed by atoms with Crippen molar-refractivity contribution in [3.8, 4) is 17.1 Å². The maximum atomic E-state index is 14.9. The maximum absolute atomic E-state index is 14.9. The van der Waals surface area contributed by atoms with Crippen molar-refractivity contribution in [2.75, 3.05) is 25.9 Å². The molecule has 2 atom stereocenters. The van der Waals surface area contributed by atoms with Crippen LogP contribution < -0.4 is 15.8 Å². The lowest BCUT2D eigenvalue weighted by atomic mass is 9.82. The molecule has 2 fully saturated rings. The zero-order valence-corrected chi connectivity index (χ0v) is 22.1. The molecule has 5 rings (SSSR count). The summed E-state index contributed by atoms with van der Waals surface area (Å²) in [6, 6.07) is 1.02. The summed E-state index contributed by atoms with van der Waals surface area (Å²) in [5.74, 6) is -1.71. The zero-order valence-electron chi connectivity index (χ0n) is 22.1. The molecule has 3 aromatic heterocycles. The number of hydrogen-bond acceptors (Lipinski definition) is 8. The number of aliphatic hydroxyl groups is 1. The van der Waals surface area contributed by atoms with Crippen molar-refractivity contribution in [1.82, 2.24) is 29.8 Å². The molecule has 1 aliphatic carbocycles. The molecule has 1 aliphatic heterocycles. The van der Waals surface area contributed by atoms with Gasteiger partial charge in [0.05, 0.1) is 43.0 Å². The molecule has 2 aliphatic rings. The number of methoxy groups -OCH3 is 1. The molecule has 0 unspecified atom stereocenters. The molecule has 4 heterocycles. The van der Waals surface area contributed by atoms with Crippen LogP contribution in [0.4, 0.5) is 23.4 Å². The quantitative estimate of drug-likeness (QED) is 0.378. The first kappa shape index (κ1) is 28.5. The number of hydrogen-bond donors (Lipinski definition) is 3. The summed E-state index contributed by atoms with van der Waals surface area (Å²) in [4.78, 5) is 35.1. The van der Waals surface area contributed by atoms with Crippen molar-refractivity contribution >= 4 is 23.1 Å². The van der Waals surface area contributed by atoms with Gasteiger partial charge in [-0.15, -0.1) is 0 Å². The summed E-state index contributed by atoms with van der Waals surface area (Å²) in [6.07, 6.45) is -0.598. The van der Waals surface area contributed by atoms with Gasteiger partial charge in [0.25, 0.3) is 5.91 Å². The average molecular weight is 580 g/mol. The van der Waals surface area contributed by atoms with Crippen LogP contribution in [0.1, 0.15) is 54.4 Å². The molecule has 0 bridgehead atoms. The van der Waals surface area contributed by atoms with Crippen molar-refractivity contribution < 1.29 is 37.0 Å². The number of likely N-dealkylation sites (tertiary alicyclic amines) is 1. The lowest BCUT2D eigenvalue weighted by Gasteiger charge is -2.32. The molecule has 2 amide bonds. The van der Waals surface area contributed by atoms with E-state index in [1.165, 1.54) is 24.3 Å². The summed E-state index contributed by atoms with van der Waals surface area (Å²) in [5, 5.41) is 17.2. The number of nitrogens with two attached hydrogens (primary N) is 1. The Morgan fingerprint density at radius 3 is 2.61 bits per heavy atom. The van der Waals surface area contributed by atoms with E-state index in [0.29, 0.717) is 12.8 Å². The van der Waals surface area contributed by atoms with E-state index >= 15 is 0 Å². The van der Waals surface area contributed by atoms with Gasteiger partial charge in [-0.3, -0.25) is 9.59 Å². The molecule has 220 valence electrons. The van der Waals surface area contributed by atoms with E-state index in [4.69, 9.17) is 10.5 Å². The third kappa shape index (κ3) is 5.62. The number of ether oxygens (including phenoxy) is 1. The number of halogens is 4. The molecule has 41 heavy (non-hydrogen) atoms. The Hall–Kier alpha value is -4.01. The predicted octanol–water partition coefficient (Wildman–Crippen LogP) is 2.76. The van der Waals surface area contributed by atoms with Gasteiger partial charge in [-0.25, -0.2) is 18.9 Å². The lowest BCUT2D eigenvalue weighted by molar-refractivity contribution is -0.137. The van der Waals surface area contributed by atoms with Gasteiger partial charge in [0.1, 0.15) is 23.6 Å². The minimum absolute atomic E-state index is 0.0627. The Morgan fingerprint density at radius 1 is 1.20 bits per heavy atom. The number of rotatable bonds is 6. The fourth-order valence-electron chi connectivity index (χ4n) is 5.54. The normalized spacial score (nSPS) is 20.8. The number of nitrogens with zero attached hydrogens (tertiary/aromatic N) is 5. The molecule has 11 nitrogen and oxygen atoms in total. The number of carbonyl (C=O) groups excluding carboxylic acids is 2. The van der Waals surface area contributed by atoms with E-state index in [2.05, 4.69) is 20.4 Å². The number of anilines is 1. The number of nitrogens with one attached hydrogen (secondary N) is 1. The Morgan fingerprint density at radius 2 is 1.93 bits per heavy atom. The van der Waals surface area contributed by atoms with E-state index in [1.807, 2.05) is 0 Å². The Labute approximate surface area is 231 Å². The van der Waals surface area contributed by atoms with Crippen molar-refractivity contribution in [2.24, 2.45) is 0 Å². The first-order valence-corrected chi connectivity index (χ1v) is 13.1. The van der Waals surface area contributed by atoms with Crippen molar-refractivity contribution in [1.29, 1.82) is 0 Å². The summed E-state index contributed by atoms with van der Waals surface area (Å²) < 4.78 is 62.3. The highest BCUT2D eigenvalue weighted by atomic mass is 19.4. The minimum atomic E-state index is -4.77. The van der Waals surface area contributed by atoms with Crippen molar-refractivity contribution in [3.05, 3.63) is 35.8 Å². The maximum Gasteiger partial charge on any atom is 0.418 e. The van der Waals surface area contributed by atoms with Crippen LogP contribution in [0.2, 0.25) is 0 Å². The zero-order chi connectivity index (χ0) is 29.5. The second-order valence-corrected chi connectivity index (χ2v) is 10.5. The van der Waals surface area contributed by atoms with Gasteiger partial charge in [-0.2, -0.15) is 18.3 Å². The second kappa shape index (κ2) is 10.8. The van der Waals surface area contributed by atoms with Gasteiger partial charge in [-0.05, 0) is 25.0 Å². The average Bonchev–Trinajstić information content (AvgIpc) is 3.50. The van der Waals surface area contributed by atoms with Crippen LogP contribution in [0, 0.1) is 0 Å². The third-order valence-electron chi connectivity index (χ3n) is 7.66. The standard InChI is InChI=1S/C26H29F4N7O4/c1-41-24-15(7-14(10-32-24)19-8-16(26(28,29)30)21-22(31)33-13-34-37(19)21)23(39)35-18-12-36(11-17(18)27)20(38)9-25(40)5-3-2-4-6-25/h7-8,10,13,17-18,40H,2-6,9,11-12H2,1H3,(H,35,39)(H2,31,33,34)/t17-,18+/m0/s1. The molecule has 15 heteroatoms. The highest BCUT2D eigenvalue weighted by Crippen LogP contribution is 2.39. The van der Waals surface area contributed by atoms with Crippen LogP contribution in [0.25, 0.3) is 16.8 Å². The Kier molecular flexibility index (Phi) is 7.48. The van der Waals surface area contributed by atoms with E-state index in [0.717, 1.165) is 36.2 Å². The van der Waals surface area contributed by atoms with Crippen LogP contribution in [0.3, 0.4) is 0 Å². The second-order valence-electron chi connectivity index (χ2n) is 10.5. The monoisotopic (exact) mass is 579 g/mol. The van der Waals surface area contributed by atoms with Gasteiger partial charge in [-0.1, -0.05) is 19.3 Å². The highest BCUT2D eigenvalue weighted by molar-refractivity contribution is 5.98. The predicted molar refractivity (Wildman–Crippen MR) is 138 cm³/mol. The van der Waals surface area contributed by atoms with Crippen LogP contribution in [-0.4, -0.2) is 79.4 Å². The molecular formula is C26H29F4N7O4. The van der Waals surface area contributed by atoms with Gasteiger partial charge in [0.2, 0.25) is 11.8 Å². The molecule has 3 aromatic rings. The van der Waals surface area contributed by atoms with Crippen LogP contribution >= 0.6 is 0 Å². The van der Waals surface area contributed by atoms with E-state index in [1.54, 1.807) is 0 Å². The summed E-state index contributed by atoms with van der Waals surface area (Å²) in [7, 11) is 1.26. The first-order chi connectivity index (χ1) is 19.4. The topological polar surface area (TPSA) is 148 Å². The smallest absolute Gasteiger partial charge is 0.418 e. The van der Waals surface area contributed by atoms with Gasteiger partial charge in [0, 0.05) is 18.3 Å². The first-order valence-electron chi connectivity index (χ1n) is 13.1. The fraction of sp³-hybridized carbons (Fsp3) is 0.500. The van der Waals surface area contributed by atoms with Crippen LogP contribution in [0.15, 0.2) is 24.7 Å². The van der Waals surface area contributed by atoms with E-state index in [9.17, 15) is 32.3 Å². The number of nitrogen functional groups attached to an aromatic ring is 1. The van der Waals surface area contributed by atoms with Gasteiger partial charge in [0.15, 0.2) is 5.82 Å². The minimum Gasteiger partial charge on any atom is -0.480 e. The molecule has 1 saturated carbocycles. The van der Waals surface area contributed by atoms with Crippen LogP contribution in [-0.2, 0) is 11.0 Å². The van der Waals surface area contributed by atoms with Gasteiger partial charge < -0.3 is 25.8 Å². The molecule has 0 aromatic carbocycles. The summed E-state index contributed by atoms with van der Waals surface area (Å²) >= 11 is 0. The molecular weight excluding hydrogens is 550 g/mol. The fourth-order valence-corrected chi connectivity index (χ4v) is 5.54. The van der Waals surface area contributed by atoms with Crippen LogP contribution in [0.5, 0.6) is 5.88 Å². The lowest BCUT2D eigenvalue weighted by Crippen LogP contribution is -2.43. The summed E-state index contributed by atoms with van der Waals surface area (Å²) in [5.41, 5.74) is 2.95. The molecule has 4 N–H and O–H groups in total. The number of pyridine rings is 1. The molecule has 1 saturated heterocycles. The van der Waals surface area contributed by atoms with Gasteiger partial charge >= 0.3 is 6.18 Å². The van der Waals surface area contributed by atoms with E-state index < -0.39 is 46.9 Å². The molecule has 0 radical (unpaired) electrons. The SMILES string of the molecule is COc1ncc(-c2cc(C(F)(F)F)c3c(N)ncnn23)cc1C(=O)N[C@@H]1CN(C(=O)CC2(O)CCCCC2)C[C@@H]1F.